The second-order valence-electron chi connectivity index (χ2n) is 10.5. The highest BCUT2D eigenvalue weighted by atomic mass is 35.5. The number of halogens is 1. The van der Waals surface area contributed by atoms with Crippen LogP contribution in [0.5, 0.6) is 0 Å². The monoisotopic (exact) mass is 579 g/mol. The zero-order valence-electron chi connectivity index (χ0n) is 23.3. The third kappa shape index (κ3) is 5.74. The molecule has 0 bridgehead atoms. The molecule has 0 unspecified atom stereocenters. The lowest BCUT2D eigenvalue weighted by Gasteiger charge is -2.29. The molecule has 3 aromatic heterocycles. The highest BCUT2D eigenvalue weighted by Crippen LogP contribution is 2.32. The van der Waals surface area contributed by atoms with Gasteiger partial charge in [0.05, 0.1) is 0 Å². The molecule has 6 rings (SSSR count). The molecule has 4 heterocycles. The van der Waals surface area contributed by atoms with E-state index in [2.05, 4.69) is 54.6 Å². The second kappa shape index (κ2) is 11.7. The van der Waals surface area contributed by atoms with Crippen LogP contribution >= 0.6 is 11.6 Å². The molecule has 0 radical (unpaired) electrons. The summed E-state index contributed by atoms with van der Waals surface area (Å²) in [6.07, 6.45) is 5.60. The predicted molar refractivity (Wildman–Crippen MR) is 166 cm³/mol. The van der Waals surface area contributed by atoms with Crippen LogP contribution in [0.2, 0.25) is 5.02 Å². The van der Waals surface area contributed by atoms with Crippen molar-refractivity contribution in [3.05, 3.63) is 99.7 Å². The van der Waals surface area contributed by atoms with E-state index in [9.17, 15) is 9.59 Å². The summed E-state index contributed by atoms with van der Waals surface area (Å²) in [5, 5.41) is 6.89. The molecule has 1 amide bonds. The van der Waals surface area contributed by atoms with Crippen molar-refractivity contribution in [2.24, 2.45) is 0 Å². The third-order valence-electron chi connectivity index (χ3n) is 7.76. The number of pyridine rings is 2. The Hall–Kier alpha value is -4.60. The number of carbonyl (C=O) groups excluding carboxylic acids is 1. The topological polar surface area (TPSA) is 116 Å². The first-order chi connectivity index (χ1) is 20.4. The Morgan fingerprint density at radius 2 is 1.74 bits per heavy atom. The lowest BCUT2D eigenvalue weighted by atomic mass is 9.89. The number of piperidine rings is 1. The number of fused-ring (bicyclic) bond motifs is 1. The summed E-state index contributed by atoms with van der Waals surface area (Å²) in [6, 6.07) is 19.1. The number of nitrogens with zero attached hydrogens (tertiary/aromatic N) is 4. The first-order valence-corrected chi connectivity index (χ1v) is 14.2. The van der Waals surface area contributed by atoms with Crippen LogP contribution in [0.1, 0.15) is 34.8 Å². The number of likely N-dealkylation sites (tertiary alicyclic amines) is 1. The summed E-state index contributed by atoms with van der Waals surface area (Å²) >= 11 is 6.66. The highest BCUT2D eigenvalue weighted by Gasteiger charge is 2.18. The Bertz CT molecular complexity index is 1830. The largest absolute Gasteiger partial charge is 0.354 e. The number of benzene rings is 2. The summed E-state index contributed by atoms with van der Waals surface area (Å²) < 4.78 is 0. The molecule has 0 spiro atoms. The van der Waals surface area contributed by atoms with E-state index < -0.39 is 0 Å². The number of aromatic nitrogens is 4. The van der Waals surface area contributed by atoms with Crippen molar-refractivity contribution < 1.29 is 4.79 Å². The molecular formula is C32H30ClN7O2. The molecule has 2 aromatic carbocycles. The molecule has 9 nitrogen and oxygen atoms in total. The van der Waals surface area contributed by atoms with Crippen LogP contribution < -0.4 is 16.2 Å². The zero-order chi connectivity index (χ0) is 29.2. The second-order valence-corrected chi connectivity index (χ2v) is 10.9. The van der Waals surface area contributed by atoms with Crippen molar-refractivity contribution in [1.82, 2.24) is 30.2 Å². The number of H-pyrrole nitrogens is 1. The molecule has 212 valence electrons. The Morgan fingerprint density at radius 1 is 0.976 bits per heavy atom. The van der Waals surface area contributed by atoms with Crippen LogP contribution in [0.3, 0.4) is 0 Å². The fourth-order valence-electron chi connectivity index (χ4n) is 5.34. The van der Waals surface area contributed by atoms with Gasteiger partial charge < -0.3 is 20.5 Å². The fourth-order valence-corrected chi connectivity index (χ4v) is 5.62. The first kappa shape index (κ1) is 27.6. The number of aromatic amines is 1. The van der Waals surface area contributed by atoms with Gasteiger partial charge in [-0.05, 0) is 92.0 Å². The summed E-state index contributed by atoms with van der Waals surface area (Å²) in [6.45, 7) is 2.25. The van der Waals surface area contributed by atoms with Crippen LogP contribution in [-0.4, -0.2) is 57.9 Å². The quantitative estimate of drug-likeness (QED) is 0.239. The Kier molecular flexibility index (Phi) is 7.69. The predicted octanol–water partition coefficient (Wildman–Crippen LogP) is 5.61. The van der Waals surface area contributed by atoms with Crippen LogP contribution in [-0.2, 0) is 0 Å². The van der Waals surface area contributed by atoms with Crippen molar-refractivity contribution in [1.29, 1.82) is 0 Å². The van der Waals surface area contributed by atoms with Crippen molar-refractivity contribution in [3.8, 4) is 22.3 Å². The Labute approximate surface area is 248 Å². The van der Waals surface area contributed by atoms with Gasteiger partial charge in [0.1, 0.15) is 11.3 Å². The van der Waals surface area contributed by atoms with Crippen molar-refractivity contribution in [3.63, 3.8) is 0 Å². The Morgan fingerprint density at radius 3 is 2.48 bits per heavy atom. The van der Waals surface area contributed by atoms with Crippen molar-refractivity contribution in [2.45, 2.75) is 18.8 Å². The molecule has 1 aliphatic heterocycles. The zero-order valence-corrected chi connectivity index (χ0v) is 24.1. The van der Waals surface area contributed by atoms with Gasteiger partial charge in [0, 0.05) is 46.7 Å². The van der Waals surface area contributed by atoms with Gasteiger partial charge in [-0.15, -0.1) is 0 Å². The molecule has 1 aliphatic rings. The van der Waals surface area contributed by atoms with Crippen LogP contribution in [0, 0.1) is 0 Å². The summed E-state index contributed by atoms with van der Waals surface area (Å²) in [4.78, 5) is 43.5. The van der Waals surface area contributed by atoms with Gasteiger partial charge in [0.25, 0.3) is 11.5 Å². The van der Waals surface area contributed by atoms with E-state index in [-0.39, 0.29) is 11.5 Å². The minimum absolute atomic E-state index is 0.274. The number of anilines is 2. The fraction of sp³-hybridized carbons (Fsp3) is 0.219. The maximum atomic E-state index is 13.1. The average Bonchev–Trinajstić information content (AvgIpc) is 3.01. The normalized spacial score (nSPS) is 14.2. The molecule has 3 N–H and O–H groups in total. The smallest absolute Gasteiger partial charge is 0.269 e. The third-order valence-corrected chi connectivity index (χ3v) is 8.08. The first-order valence-electron chi connectivity index (χ1n) is 13.8. The number of hydrogen-bond acceptors (Lipinski definition) is 7. The van der Waals surface area contributed by atoms with Gasteiger partial charge in [-0.2, -0.15) is 4.98 Å². The maximum absolute atomic E-state index is 13.1. The lowest BCUT2D eigenvalue weighted by molar-refractivity contribution is 0.0958. The molecule has 0 aliphatic carbocycles. The van der Waals surface area contributed by atoms with E-state index in [1.165, 1.54) is 18.4 Å². The number of rotatable bonds is 6. The van der Waals surface area contributed by atoms with E-state index >= 15 is 0 Å². The molecule has 10 heteroatoms. The number of hydrogen-bond donors (Lipinski definition) is 3. The number of amides is 1. The number of carbonyl (C=O) groups is 1. The summed E-state index contributed by atoms with van der Waals surface area (Å²) in [5.74, 6) is 0.714. The molecule has 1 saturated heterocycles. The van der Waals surface area contributed by atoms with E-state index in [1.807, 2.05) is 18.2 Å². The molecule has 5 aromatic rings. The van der Waals surface area contributed by atoms with Crippen LogP contribution in [0.15, 0.2) is 77.9 Å². The molecule has 0 atom stereocenters. The van der Waals surface area contributed by atoms with E-state index in [0.717, 1.165) is 29.9 Å². The minimum atomic E-state index is -0.310. The van der Waals surface area contributed by atoms with Crippen LogP contribution in [0.4, 0.5) is 11.6 Å². The lowest BCUT2D eigenvalue weighted by Crippen LogP contribution is -2.29. The molecule has 1 fully saturated rings. The maximum Gasteiger partial charge on any atom is 0.269 e. The standard InChI is InChI=1S/C32H30ClN7O2/c1-34-31(42)28-17-22(9-12-35-28)21-5-8-25(27(33)16-21)26-15-23-18-36-32(39-29(23)38-30(26)41)37-24-6-3-19(4-7-24)20-10-13-40(2)14-11-20/h3-9,12,15-18,20H,10-11,13-14H2,1-2H3,(H,34,42)(H2,36,37,38,39,41). The number of nitrogens with one attached hydrogen (secondary N) is 3. The van der Waals surface area contributed by atoms with E-state index in [4.69, 9.17) is 11.6 Å². The summed E-state index contributed by atoms with van der Waals surface area (Å²) in [5.41, 5.74) is 5.23. The van der Waals surface area contributed by atoms with Gasteiger partial charge in [0.15, 0.2) is 0 Å². The molecule has 0 saturated carbocycles. The van der Waals surface area contributed by atoms with E-state index in [1.54, 1.807) is 49.8 Å². The molecular weight excluding hydrogens is 550 g/mol. The van der Waals surface area contributed by atoms with Gasteiger partial charge in [0.2, 0.25) is 5.95 Å². The summed E-state index contributed by atoms with van der Waals surface area (Å²) in [7, 11) is 3.73. The van der Waals surface area contributed by atoms with Crippen molar-refractivity contribution >= 4 is 40.2 Å². The van der Waals surface area contributed by atoms with Crippen molar-refractivity contribution in [2.75, 3.05) is 32.5 Å². The Balaban J connectivity index is 1.22. The van der Waals surface area contributed by atoms with Gasteiger partial charge >= 0.3 is 0 Å². The van der Waals surface area contributed by atoms with Gasteiger partial charge in [-0.25, -0.2) is 4.98 Å². The molecule has 42 heavy (non-hydrogen) atoms. The minimum Gasteiger partial charge on any atom is -0.354 e. The van der Waals surface area contributed by atoms with E-state index in [0.29, 0.717) is 44.7 Å². The SMILES string of the molecule is CNC(=O)c1cc(-c2ccc(-c3cc4cnc(Nc5ccc(C6CCN(C)CC6)cc5)nc4[nH]c3=O)c(Cl)c2)ccn1. The van der Waals surface area contributed by atoms with Crippen LogP contribution in [0.25, 0.3) is 33.3 Å². The van der Waals surface area contributed by atoms with Gasteiger partial charge in [-0.1, -0.05) is 35.9 Å². The average molecular weight is 580 g/mol. The highest BCUT2D eigenvalue weighted by molar-refractivity contribution is 6.33. The van der Waals surface area contributed by atoms with Gasteiger partial charge in [-0.3, -0.25) is 14.6 Å².